The Hall–Kier alpha value is -3.25. The van der Waals surface area contributed by atoms with E-state index >= 15 is 0 Å². The van der Waals surface area contributed by atoms with E-state index < -0.39 is 0 Å². The van der Waals surface area contributed by atoms with Gasteiger partial charge in [-0.1, -0.05) is 35.0 Å². The number of nitrogens with one attached hydrogen (secondary N) is 1. The van der Waals surface area contributed by atoms with Gasteiger partial charge in [-0.25, -0.2) is 4.68 Å². The van der Waals surface area contributed by atoms with E-state index in [9.17, 15) is 4.79 Å². The van der Waals surface area contributed by atoms with Crippen LogP contribution in [0.4, 0.5) is 5.69 Å². The predicted octanol–water partition coefficient (Wildman–Crippen LogP) is 4.03. The van der Waals surface area contributed by atoms with Crippen LogP contribution in [0.3, 0.4) is 0 Å². The maximum atomic E-state index is 12.6. The highest BCUT2D eigenvalue weighted by Crippen LogP contribution is 2.22. The zero-order valence-corrected chi connectivity index (χ0v) is 14.6. The zero-order chi connectivity index (χ0) is 18.1. The lowest BCUT2D eigenvalue weighted by Crippen LogP contribution is -2.14. The molecule has 4 aromatic rings. The lowest BCUT2D eigenvalue weighted by atomic mass is 10.2. The molecule has 0 saturated carbocycles. The van der Waals surface area contributed by atoms with Crippen LogP contribution in [0.25, 0.3) is 16.6 Å². The molecule has 6 nitrogen and oxygen atoms in total. The fraction of sp³-hybridized carbons (Fsp3) is 0.0526. The Morgan fingerprint density at radius 1 is 1.12 bits per heavy atom. The molecule has 2 aromatic heterocycles. The zero-order valence-electron chi connectivity index (χ0n) is 13.8. The monoisotopic (exact) mass is 363 g/mol. The van der Waals surface area contributed by atoms with Crippen LogP contribution in [0.2, 0.25) is 5.02 Å². The standard InChI is InChI=1S/C19H14ClN5O/c1-12-18(23-24-25(12)17-7-3-2-6-15(17)20)19(26)22-14-8-9-16-13(11-14)5-4-10-21-16/h2-11H,1H3,(H,22,26). The lowest BCUT2D eigenvalue weighted by molar-refractivity contribution is 0.102. The molecule has 26 heavy (non-hydrogen) atoms. The van der Waals surface area contributed by atoms with Gasteiger partial charge in [0.05, 0.1) is 21.9 Å². The summed E-state index contributed by atoms with van der Waals surface area (Å²) in [6.45, 7) is 1.78. The van der Waals surface area contributed by atoms with Crippen molar-refractivity contribution in [2.75, 3.05) is 5.32 Å². The van der Waals surface area contributed by atoms with Crippen molar-refractivity contribution in [3.05, 3.63) is 77.2 Å². The Morgan fingerprint density at radius 3 is 2.81 bits per heavy atom. The molecule has 0 atom stereocenters. The molecule has 0 unspecified atom stereocenters. The number of pyridine rings is 1. The molecule has 0 spiro atoms. The van der Waals surface area contributed by atoms with Gasteiger partial charge in [0.1, 0.15) is 0 Å². The fourth-order valence-electron chi connectivity index (χ4n) is 2.73. The van der Waals surface area contributed by atoms with Gasteiger partial charge in [0, 0.05) is 17.3 Å². The third-order valence-electron chi connectivity index (χ3n) is 4.05. The van der Waals surface area contributed by atoms with Crippen molar-refractivity contribution in [2.45, 2.75) is 6.92 Å². The van der Waals surface area contributed by atoms with Crippen LogP contribution < -0.4 is 5.32 Å². The van der Waals surface area contributed by atoms with Crippen LogP contribution >= 0.6 is 11.6 Å². The molecule has 4 rings (SSSR count). The molecule has 0 aliphatic rings. The maximum Gasteiger partial charge on any atom is 0.278 e. The number of rotatable bonds is 3. The van der Waals surface area contributed by atoms with E-state index in [0.29, 0.717) is 22.1 Å². The minimum absolute atomic E-state index is 0.246. The van der Waals surface area contributed by atoms with Gasteiger partial charge in [-0.2, -0.15) is 0 Å². The summed E-state index contributed by atoms with van der Waals surface area (Å²) < 4.78 is 1.56. The van der Waals surface area contributed by atoms with Crippen molar-refractivity contribution in [3.63, 3.8) is 0 Å². The van der Waals surface area contributed by atoms with Crippen molar-refractivity contribution in [3.8, 4) is 5.69 Å². The Kier molecular flexibility index (Phi) is 4.10. The van der Waals surface area contributed by atoms with Gasteiger partial charge in [-0.3, -0.25) is 9.78 Å². The highest BCUT2D eigenvalue weighted by molar-refractivity contribution is 6.32. The maximum absolute atomic E-state index is 12.6. The van der Waals surface area contributed by atoms with Gasteiger partial charge in [-0.15, -0.1) is 5.10 Å². The number of carbonyl (C=O) groups excluding carboxylic acids is 1. The molecular weight excluding hydrogens is 350 g/mol. The molecule has 0 radical (unpaired) electrons. The number of para-hydroxylation sites is 1. The number of amides is 1. The first-order valence-electron chi connectivity index (χ1n) is 7.97. The largest absolute Gasteiger partial charge is 0.321 e. The highest BCUT2D eigenvalue weighted by Gasteiger charge is 2.18. The normalized spacial score (nSPS) is 10.8. The summed E-state index contributed by atoms with van der Waals surface area (Å²) >= 11 is 6.21. The van der Waals surface area contributed by atoms with E-state index in [2.05, 4.69) is 20.6 Å². The second-order valence-electron chi connectivity index (χ2n) is 5.75. The SMILES string of the molecule is Cc1c(C(=O)Nc2ccc3ncccc3c2)nnn1-c1ccccc1Cl. The summed E-state index contributed by atoms with van der Waals surface area (Å²) in [5, 5.41) is 12.4. The number of nitrogens with zero attached hydrogens (tertiary/aromatic N) is 4. The number of benzene rings is 2. The van der Waals surface area contributed by atoms with E-state index in [4.69, 9.17) is 11.6 Å². The Labute approximate surface area is 154 Å². The molecule has 1 N–H and O–H groups in total. The van der Waals surface area contributed by atoms with Crippen LogP contribution in [0.1, 0.15) is 16.2 Å². The molecule has 0 fully saturated rings. The van der Waals surface area contributed by atoms with E-state index in [1.807, 2.05) is 42.5 Å². The second kappa shape index (κ2) is 6.57. The Balaban J connectivity index is 1.63. The van der Waals surface area contributed by atoms with E-state index in [1.165, 1.54) is 0 Å². The Morgan fingerprint density at radius 2 is 1.96 bits per heavy atom. The van der Waals surface area contributed by atoms with Crippen molar-refractivity contribution >= 4 is 34.1 Å². The predicted molar refractivity (Wildman–Crippen MR) is 101 cm³/mol. The van der Waals surface area contributed by atoms with Gasteiger partial charge in [-0.05, 0) is 43.3 Å². The minimum atomic E-state index is -0.330. The van der Waals surface area contributed by atoms with Crippen LogP contribution in [-0.4, -0.2) is 25.9 Å². The average Bonchev–Trinajstić information content (AvgIpc) is 3.03. The molecular formula is C19H14ClN5O. The number of hydrogen-bond donors (Lipinski definition) is 1. The first-order chi connectivity index (χ1) is 12.6. The highest BCUT2D eigenvalue weighted by atomic mass is 35.5. The van der Waals surface area contributed by atoms with Gasteiger partial charge >= 0.3 is 0 Å². The van der Waals surface area contributed by atoms with Crippen molar-refractivity contribution in [1.82, 2.24) is 20.0 Å². The molecule has 1 amide bonds. The van der Waals surface area contributed by atoms with Crippen molar-refractivity contribution in [1.29, 1.82) is 0 Å². The third-order valence-corrected chi connectivity index (χ3v) is 4.37. The quantitative estimate of drug-likeness (QED) is 0.596. The molecule has 128 valence electrons. The molecule has 0 aliphatic carbocycles. The van der Waals surface area contributed by atoms with Crippen LogP contribution in [0.5, 0.6) is 0 Å². The number of anilines is 1. The summed E-state index contributed by atoms with van der Waals surface area (Å²) in [6, 6.07) is 16.6. The molecule has 2 heterocycles. The van der Waals surface area contributed by atoms with E-state index in [-0.39, 0.29) is 11.6 Å². The molecule has 0 aliphatic heterocycles. The Bertz CT molecular complexity index is 1120. The molecule has 2 aromatic carbocycles. The number of carbonyl (C=O) groups is 1. The van der Waals surface area contributed by atoms with Crippen molar-refractivity contribution < 1.29 is 4.79 Å². The fourth-order valence-corrected chi connectivity index (χ4v) is 2.95. The van der Waals surface area contributed by atoms with E-state index in [1.54, 1.807) is 29.9 Å². The first-order valence-corrected chi connectivity index (χ1v) is 8.34. The average molecular weight is 364 g/mol. The smallest absolute Gasteiger partial charge is 0.278 e. The van der Waals surface area contributed by atoms with Crippen LogP contribution in [0, 0.1) is 6.92 Å². The molecule has 0 saturated heterocycles. The number of fused-ring (bicyclic) bond motifs is 1. The molecule has 0 bridgehead atoms. The van der Waals surface area contributed by atoms with Gasteiger partial charge < -0.3 is 5.32 Å². The topological polar surface area (TPSA) is 72.7 Å². The minimum Gasteiger partial charge on any atom is -0.321 e. The third kappa shape index (κ3) is 2.91. The van der Waals surface area contributed by atoms with Gasteiger partial charge in [0.25, 0.3) is 5.91 Å². The molecule has 7 heteroatoms. The number of aromatic nitrogens is 4. The van der Waals surface area contributed by atoms with Crippen molar-refractivity contribution in [2.24, 2.45) is 0 Å². The lowest BCUT2D eigenvalue weighted by Gasteiger charge is -2.07. The van der Waals surface area contributed by atoms with Crippen LogP contribution in [-0.2, 0) is 0 Å². The number of halogens is 1. The second-order valence-corrected chi connectivity index (χ2v) is 6.16. The summed E-state index contributed by atoms with van der Waals surface area (Å²) in [4.78, 5) is 16.9. The van der Waals surface area contributed by atoms with Gasteiger partial charge in [0.15, 0.2) is 5.69 Å². The van der Waals surface area contributed by atoms with Gasteiger partial charge in [0.2, 0.25) is 0 Å². The summed E-state index contributed by atoms with van der Waals surface area (Å²) in [7, 11) is 0. The summed E-state index contributed by atoms with van der Waals surface area (Å²) in [5.41, 5.74) is 3.07. The van der Waals surface area contributed by atoms with E-state index in [0.717, 1.165) is 10.9 Å². The number of hydrogen-bond acceptors (Lipinski definition) is 4. The summed E-state index contributed by atoms with van der Waals surface area (Å²) in [6.07, 6.45) is 1.73. The summed E-state index contributed by atoms with van der Waals surface area (Å²) in [5.74, 6) is -0.330. The first kappa shape index (κ1) is 16.2. The van der Waals surface area contributed by atoms with Crippen LogP contribution in [0.15, 0.2) is 60.8 Å².